The van der Waals surface area contributed by atoms with Crippen molar-refractivity contribution in [1.29, 1.82) is 0 Å². The van der Waals surface area contributed by atoms with Crippen LogP contribution in [0.3, 0.4) is 0 Å². The Morgan fingerprint density at radius 3 is 2.61 bits per heavy atom. The highest BCUT2D eigenvalue weighted by molar-refractivity contribution is 6.30. The molecule has 1 aromatic carbocycles. The molecule has 1 rings (SSSR count). The molecular formula is C11H11ClF3NO2. The highest BCUT2D eigenvalue weighted by Crippen LogP contribution is 2.36. The van der Waals surface area contributed by atoms with E-state index < -0.39 is 23.8 Å². The number of nitrogens with two attached hydrogens (primary N) is 1. The van der Waals surface area contributed by atoms with Crippen LogP contribution in [-0.4, -0.2) is 13.1 Å². The molecular weight excluding hydrogens is 271 g/mol. The lowest BCUT2D eigenvalue weighted by Gasteiger charge is -2.17. The van der Waals surface area contributed by atoms with Gasteiger partial charge in [-0.1, -0.05) is 17.7 Å². The Hall–Kier alpha value is -1.27. The molecule has 1 atom stereocenters. The first-order valence-corrected chi connectivity index (χ1v) is 5.32. The van der Waals surface area contributed by atoms with E-state index in [4.69, 9.17) is 17.3 Å². The molecule has 0 fully saturated rings. The molecule has 0 saturated heterocycles. The summed E-state index contributed by atoms with van der Waals surface area (Å²) in [6.07, 6.45) is -4.91. The molecule has 0 aliphatic heterocycles. The van der Waals surface area contributed by atoms with Crippen LogP contribution >= 0.6 is 11.6 Å². The fourth-order valence-corrected chi connectivity index (χ4v) is 1.64. The van der Waals surface area contributed by atoms with Gasteiger partial charge in [-0.3, -0.25) is 4.79 Å². The number of alkyl halides is 3. The summed E-state index contributed by atoms with van der Waals surface area (Å²) in [7, 11) is 1.14. The molecule has 0 spiro atoms. The number of esters is 1. The van der Waals surface area contributed by atoms with Gasteiger partial charge in [-0.05, 0) is 17.7 Å². The molecule has 18 heavy (non-hydrogen) atoms. The molecule has 0 bridgehead atoms. The van der Waals surface area contributed by atoms with Crippen LogP contribution in [0.5, 0.6) is 0 Å². The minimum Gasteiger partial charge on any atom is -0.469 e. The van der Waals surface area contributed by atoms with Crippen molar-refractivity contribution in [3.63, 3.8) is 0 Å². The van der Waals surface area contributed by atoms with E-state index in [2.05, 4.69) is 4.74 Å². The number of carbonyl (C=O) groups excluding carboxylic acids is 1. The van der Waals surface area contributed by atoms with Crippen LogP contribution in [0.2, 0.25) is 5.02 Å². The summed E-state index contributed by atoms with van der Waals surface area (Å²) in [5.41, 5.74) is 4.45. The highest BCUT2D eigenvalue weighted by Gasteiger charge is 2.35. The van der Waals surface area contributed by atoms with Crippen molar-refractivity contribution in [3.8, 4) is 0 Å². The summed E-state index contributed by atoms with van der Waals surface area (Å²) in [6.45, 7) is 0. The van der Waals surface area contributed by atoms with Gasteiger partial charge in [0, 0.05) is 11.1 Å². The van der Waals surface area contributed by atoms with Gasteiger partial charge in [0.2, 0.25) is 0 Å². The molecule has 3 nitrogen and oxygen atoms in total. The number of halogens is 4. The normalized spacial score (nSPS) is 13.2. The minimum absolute atomic E-state index is 0.0451. The number of hydrogen-bond donors (Lipinski definition) is 1. The minimum atomic E-state index is -4.58. The van der Waals surface area contributed by atoms with Crippen LogP contribution in [0.25, 0.3) is 0 Å². The molecule has 1 aromatic rings. The zero-order valence-electron chi connectivity index (χ0n) is 9.42. The van der Waals surface area contributed by atoms with Crippen molar-refractivity contribution in [2.45, 2.75) is 18.6 Å². The number of ether oxygens (including phenoxy) is 1. The maximum Gasteiger partial charge on any atom is 0.416 e. The first-order valence-electron chi connectivity index (χ1n) is 4.94. The van der Waals surface area contributed by atoms with E-state index >= 15 is 0 Å². The topological polar surface area (TPSA) is 52.3 Å². The van der Waals surface area contributed by atoms with Gasteiger partial charge in [-0.15, -0.1) is 0 Å². The lowest BCUT2D eigenvalue weighted by atomic mass is 9.98. The zero-order chi connectivity index (χ0) is 13.9. The summed E-state index contributed by atoms with van der Waals surface area (Å²) in [4.78, 5) is 11.0. The average molecular weight is 282 g/mol. The van der Waals surface area contributed by atoms with E-state index in [9.17, 15) is 18.0 Å². The lowest BCUT2D eigenvalue weighted by Crippen LogP contribution is -2.20. The maximum atomic E-state index is 12.8. The smallest absolute Gasteiger partial charge is 0.416 e. The molecule has 0 heterocycles. The van der Waals surface area contributed by atoms with E-state index in [0.29, 0.717) is 0 Å². The Bertz CT molecular complexity index is 448. The second-order valence-electron chi connectivity index (χ2n) is 3.62. The highest BCUT2D eigenvalue weighted by atomic mass is 35.5. The van der Waals surface area contributed by atoms with Gasteiger partial charge in [0.1, 0.15) is 0 Å². The molecule has 0 aliphatic rings. The molecule has 0 saturated carbocycles. The molecule has 100 valence electrons. The van der Waals surface area contributed by atoms with Gasteiger partial charge >= 0.3 is 12.1 Å². The summed E-state index contributed by atoms with van der Waals surface area (Å²) in [5, 5.41) is -0.0451. The predicted octanol–water partition coefficient (Wildman–Crippen LogP) is 2.92. The van der Waals surface area contributed by atoms with E-state index in [1.54, 1.807) is 0 Å². The first-order chi connectivity index (χ1) is 8.25. The Morgan fingerprint density at radius 2 is 2.11 bits per heavy atom. The van der Waals surface area contributed by atoms with Gasteiger partial charge in [-0.2, -0.15) is 13.2 Å². The van der Waals surface area contributed by atoms with E-state index in [-0.39, 0.29) is 17.0 Å². The third-order valence-electron chi connectivity index (χ3n) is 2.33. The van der Waals surface area contributed by atoms with Gasteiger partial charge in [0.25, 0.3) is 0 Å². The maximum absolute atomic E-state index is 12.8. The number of benzene rings is 1. The molecule has 0 unspecified atom stereocenters. The summed E-state index contributed by atoms with van der Waals surface area (Å²) >= 11 is 5.53. The number of carbonyl (C=O) groups is 1. The van der Waals surface area contributed by atoms with E-state index in [1.807, 2.05) is 0 Å². The zero-order valence-corrected chi connectivity index (χ0v) is 10.2. The fraction of sp³-hybridized carbons (Fsp3) is 0.364. The third kappa shape index (κ3) is 3.61. The Kier molecular flexibility index (Phi) is 4.59. The fourth-order valence-electron chi connectivity index (χ4n) is 1.47. The standard InChI is InChI=1S/C11H11ClF3NO2/c1-18-10(17)5-9(16)7-3-2-6(12)4-8(7)11(13,14)15/h2-4,9H,5,16H2,1H3/t9-/m0/s1. The van der Waals surface area contributed by atoms with Crippen LogP contribution in [0.1, 0.15) is 23.6 Å². The molecule has 7 heteroatoms. The lowest BCUT2D eigenvalue weighted by molar-refractivity contribution is -0.142. The predicted molar refractivity (Wildman–Crippen MR) is 60.0 cm³/mol. The Balaban J connectivity index is 3.12. The van der Waals surface area contributed by atoms with Crippen LogP contribution in [0, 0.1) is 0 Å². The molecule has 2 N–H and O–H groups in total. The van der Waals surface area contributed by atoms with Gasteiger partial charge in [0.05, 0.1) is 19.1 Å². The van der Waals surface area contributed by atoms with Crippen molar-refractivity contribution in [2.75, 3.05) is 7.11 Å². The molecule has 0 aromatic heterocycles. The monoisotopic (exact) mass is 281 g/mol. The van der Waals surface area contributed by atoms with Crippen molar-refractivity contribution in [3.05, 3.63) is 34.3 Å². The number of hydrogen-bond acceptors (Lipinski definition) is 3. The molecule has 0 aliphatic carbocycles. The van der Waals surface area contributed by atoms with E-state index in [1.165, 1.54) is 12.1 Å². The largest absolute Gasteiger partial charge is 0.469 e. The average Bonchev–Trinajstić information content (AvgIpc) is 2.27. The quantitative estimate of drug-likeness (QED) is 0.867. The van der Waals surface area contributed by atoms with Crippen molar-refractivity contribution in [1.82, 2.24) is 0 Å². The summed E-state index contributed by atoms with van der Waals surface area (Å²) in [5.74, 6) is -0.675. The Labute approximate surface area is 107 Å². The van der Waals surface area contributed by atoms with Crippen LogP contribution in [-0.2, 0) is 15.7 Å². The number of rotatable bonds is 3. The third-order valence-corrected chi connectivity index (χ3v) is 2.57. The van der Waals surface area contributed by atoms with Gasteiger partial charge < -0.3 is 10.5 Å². The van der Waals surface area contributed by atoms with Crippen LogP contribution in [0.15, 0.2) is 18.2 Å². The summed E-state index contributed by atoms with van der Waals surface area (Å²) < 4.78 is 42.7. The first kappa shape index (κ1) is 14.8. The van der Waals surface area contributed by atoms with Gasteiger partial charge in [-0.25, -0.2) is 0 Å². The van der Waals surface area contributed by atoms with Crippen molar-refractivity contribution >= 4 is 17.6 Å². The number of methoxy groups -OCH3 is 1. The Morgan fingerprint density at radius 1 is 1.50 bits per heavy atom. The summed E-state index contributed by atoms with van der Waals surface area (Å²) in [6, 6.07) is 2.15. The van der Waals surface area contributed by atoms with Crippen molar-refractivity contribution < 1.29 is 22.7 Å². The molecule has 0 radical (unpaired) electrons. The van der Waals surface area contributed by atoms with Crippen LogP contribution < -0.4 is 5.73 Å². The second-order valence-corrected chi connectivity index (χ2v) is 4.05. The van der Waals surface area contributed by atoms with E-state index in [0.717, 1.165) is 13.2 Å². The second kappa shape index (κ2) is 5.58. The molecule has 0 amide bonds. The van der Waals surface area contributed by atoms with Crippen LogP contribution in [0.4, 0.5) is 13.2 Å². The van der Waals surface area contributed by atoms with Crippen molar-refractivity contribution in [2.24, 2.45) is 5.73 Å². The SMILES string of the molecule is COC(=O)C[C@H](N)c1ccc(Cl)cc1C(F)(F)F. The van der Waals surface area contributed by atoms with Gasteiger partial charge in [0.15, 0.2) is 0 Å².